The Bertz CT molecular complexity index is 1250. The number of halogens is 3. The molecule has 1 saturated carbocycles. The average molecular weight is 570 g/mol. The first-order chi connectivity index (χ1) is 19.8. The Morgan fingerprint density at radius 2 is 1.41 bits per heavy atom. The number of amides is 2. The van der Waals surface area contributed by atoms with Crippen LogP contribution in [-0.2, 0) is 4.79 Å². The van der Waals surface area contributed by atoms with Crippen molar-refractivity contribution in [3.05, 3.63) is 84.4 Å². The van der Waals surface area contributed by atoms with Crippen molar-refractivity contribution in [2.75, 3.05) is 25.0 Å². The molecule has 7 nitrogen and oxygen atoms in total. The zero-order chi connectivity index (χ0) is 29.1. The quantitative estimate of drug-likeness (QED) is 0.216. The van der Waals surface area contributed by atoms with Gasteiger partial charge >= 0.3 is 6.36 Å². The van der Waals surface area contributed by atoms with Gasteiger partial charge in [-0.1, -0.05) is 37.5 Å². The zero-order valence-electron chi connectivity index (χ0n) is 22.6. The number of para-hydroxylation sites is 1. The lowest BCUT2D eigenvalue weighted by atomic mass is 9.79. The van der Waals surface area contributed by atoms with E-state index in [0.717, 1.165) is 32.1 Å². The minimum Gasteiger partial charge on any atom is -0.457 e. The maximum absolute atomic E-state index is 13.2. The molecule has 41 heavy (non-hydrogen) atoms. The molecule has 10 heteroatoms. The van der Waals surface area contributed by atoms with Crippen molar-refractivity contribution >= 4 is 17.5 Å². The summed E-state index contributed by atoms with van der Waals surface area (Å²) in [6, 6.07) is 21.6. The monoisotopic (exact) mass is 569 g/mol. The highest BCUT2D eigenvalue weighted by molar-refractivity contribution is 5.94. The van der Waals surface area contributed by atoms with Gasteiger partial charge in [-0.25, -0.2) is 0 Å². The van der Waals surface area contributed by atoms with Gasteiger partial charge in [-0.05, 0) is 79.4 Å². The number of nitrogens with one attached hydrogen (secondary N) is 3. The van der Waals surface area contributed by atoms with Crippen LogP contribution in [0.5, 0.6) is 17.2 Å². The van der Waals surface area contributed by atoms with Crippen molar-refractivity contribution in [2.24, 2.45) is 11.8 Å². The third-order valence-corrected chi connectivity index (χ3v) is 6.97. The molecular formula is C31H34F3N3O4. The van der Waals surface area contributed by atoms with E-state index in [0.29, 0.717) is 35.8 Å². The molecule has 3 aromatic rings. The lowest BCUT2D eigenvalue weighted by molar-refractivity contribution is -0.274. The molecule has 0 saturated heterocycles. The van der Waals surface area contributed by atoms with Gasteiger partial charge in [-0.15, -0.1) is 13.2 Å². The van der Waals surface area contributed by atoms with E-state index in [1.807, 2.05) is 30.3 Å². The second-order valence-corrected chi connectivity index (χ2v) is 9.94. The summed E-state index contributed by atoms with van der Waals surface area (Å²) in [6.07, 6.45) is 0.386. The van der Waals surface area contributed by atoms with E-state index in [-0.39, 0.29) is 35.9 Å². The summed E-state index contributed by atoms with van der Waals surface area (Å²) >= 11 is 0. The summed E-state index contributed by atoms with van der Waals surface area (Å²) in [5.41, 5.74) is 1.08. The molecule has 1 fully saturated rings. The lowest BCUT2D eigenvalue weighted by Crippen LogP contribution is -2.44. The van der Waals surface area contributed by atoms with Gasteiger partial charge in [0.15, 0.2) is 0 Å². The number of hydrogen-bond acceptors (Lipinski definition) is 5. The normalized spacial score (nSPS) is 14.5. The highest BCUT2D eigenvalue weighted by atomic mass is 19.4. The van der Waals surface area contributed by atoms with E-state index >= 15 is 0 Å². The number of benzene rings is 3. The second-order valence-electron chi connectivity index (χ2n) is 9.94. The van der Waals surface area contributed by atoms with Crippen molar-refractivity contribution in [2.45, 2.75) is 38.5 Å². The van der Waals surface area contributed by atoms with Crippen molar-refractivity contribution in [3.63, 3.8) is 0 Å². The van der Waals surface area contributed by atoms with Crippen molar-refractivity contribution in [1.29, 1.82) is 0 Å². The van der Waals surface area contributed by atoms with Crippen LogP contribution in [0.15, 0.2) is 78.9 Å². The van der Waals surface area contributed by atoms with Crippen LogP contribution in [0, 0.1) is 11.8 Å². The van der Waals surface area contributed by atoms with E-state index < -0.39 is 6.36 Å². The number of alkyl halides is 3. The molecule has 4 rings (SSSR count). The Hall–Kier alpha value is -4.21. The summed E-state index contributed by atoms with van der Waals surface area (Å²) in [6.45, 7) is 0.928. The fraction of sp³-hybridized carbons (Fsp3) is 0.355. The predicted octanol–water partition coefficient (Wildman–Crippen LogP) is 6.53. The second kappa shape index (κ2) is 14.4. The van der Waals surface area contributed by atoms with Crippen LogP contribution in [0.2, 0.25) is 0 Å². The van der Waals surface area contributed by atoms with Gasteiger partial charge in [0, 0.05) is 30.9 Å². The zero-order valence-corrected chi connectivity index (χ0v) is 22.6. The van der Waals surface area contributed by atoms with Gasteiger partial charge in [-0.3, -0.25) is 9.59 Å². The van der Waals surface area contributed by atoms with E-state index in [1.54, 1.807) is 24.3 Å². The maximum atomic E-state index is 13.2. The van der Waals surface area contributed by atoms with Gasteiger partial charge in [0.25, 0.3) is 5.91 Å². The van der Waals surface area contributed by atoms with Gasteiger partial charge in [-0.2, -0.15) is 0 Å². The van der Waals surface area contributed by atoms with Gasteiger partial charge in [0.1, 0.15) is 17.2 Å². The first kappa shape index (κ1) is 29.8. The SMILES string of the molecule is O=C(NCC(C(=O)NCCNc1ccc(OC(F)(F)F)cc1)C1CCCCC1)c1ccc(Oc2ccccc2)cc1. The van der Waals surface area contributed by atoms with Crippen molar-refractivity contribution in [3.8, 4) is 17.2 Å². The van der Waals surface area contributed by atoms with Crippen LogP contribution in [0.25, 0.3) is 0 Å². The van der Waals surface area contributed by atoms with Crippen molar-refractivity contribution in [1.82, 2.24) is 10.6 Å². The minimum absolute atomic E-state index is 0.125. The fourth-order valence-corrected chi connectivity index (χ4v) is 4.91. The first-order valence-electron chi connectivity index (χ1n) is 13.8. The topological polar surface area (TPSA) is 88.7 Å². The van der Waals surface area contributed by atoms with E-state index in [2.05, 4.69) is 20.7 Å². The van der Waals surface area contributed by atoms with Crippen LogP contribution < -0.4 is 25.4 Å². The molecule has 2 amide bonds. The van der Waals surface area contributed by atoms with Crippen LogP contribution in [0.1, 0.15) is 42.5 Å². The Kier molecular flexibility index (Phi) is 10.5. The molecule has 0 bridgehead atoms. The Balaban J connectivity index is 1.26. The molecule has 1 aliphatic rings. The Morgan fingerprint density at radius 3 is 2.07 bits per heavy atom. The third-order valence-electron chi connectivity index (χ3n) is 6.97. The van der Waals surface area contributed by atoms with Gasteiger partial charge in [0.05, 0.1) is 5.92 Å². The molecule has 1 atom stereocenters. The molecule has 0 aliphatic heterocycles. The maximum Gasteiger partial charge on any atom is 0.573 e. The molecule has 1 unspecified atom stereocenters. The number of carbonyl (C=O) groups excluding carboxylic acids is 2. The number of carbonyl (C=O) groups is 2. The van der Waals surface area contributed by atoms with E-state index in [1.165, 1.54) is 24.3 Å². The fourth-order valence-electron chi connectivity index (χ4n) is 4.91. The highest BCUT2D eigenvalue weighted by Gasteiger charge is 2.31. The van der Waals surface area contributed by atoms with E-state index in [9.17, 15) is 22.8 Å². The van der Waals surface area contributed by atoms with Gasteiger partial charge in [0.2, 0.25) is 5.91 Å². The van der Waals surface area contributed by atoms with Crippen LogP contribution >= 0.6 is 0 Å². The molecule has 0 radical (unpaired) electrons. The molecule has 0 heterocycles. The summed E-state index contributed by atoms with van der Waals surface area (Å²) in [5, 5.41) is 8.95. The van der Waals surface area contributed by atoms with Crippen LogP contribution in [-0.4, -0.2) is 37.8 Å². The molecule has 3 N–H and O–H groups in total. The third kappa shape index (κ3) is 9.73. The van der Waals surface area contributed by atoms with Crippen LogP contribution in [0.4, 0.5) is 18.9 Å². The number of hydrogen-bond donors (Lipinski definition) is 3. The largest absolute Gasteiger partial charge is 0.573 e. The summed E-state index contributed by atoms with van der Waals surface area (Å²) in [4.78, 5) is 26.0. The highest BCUT2D eigenvalue weighted by Crippen LogP contribution is 2.30. The summed E-state index contributed by atoms with van der Waals surface area (Å²) < 4.78 is 46.6. The molecule has 0 aromatic heterocycles. The molecule has 3 aromatic carbocycles. The Morgan fingerprint density at radius 1 is 0.780 bits per heavy atom. The average Bonchev–Trinajstić information content (AvgIpc) is 2.97. The predicted molar refractivity (Wildman–Crippen MR) is 150 cm³/mol. The molecular weight excluding hydrogens is 535 g/mol. The summed E-state index contributed by atoms with van der Waals surface area (Å²) in [5.74, 6) is 0.453. The molecule has 218 valence electrons. The lowest BCUT2D eigenvalue weighted by Gasteiger charge is -2.29. The van der Waals surface area contributed by atoms with Gasteiger partial charge < -0.3 is 25.4 Å². The summed E-state index contributed by atoms with van der Waals surface area (Å²) in [7, 11) is 0. The number of anilines is 1. The van der Waals surface area contributed by atoms with E-state index in [4.69, 9.17) is 4.74 Å². The smallest absolute Gasteiger partial charge is 0.457 e. The van der Waals surface area contributed by atoms with Crippen LogP contribution in [0.3, 0.4) is 0 Å². The number of rotatable bonds is 12. The molecule has 0 spiro atoms. The minimum atomic E-state index is -4.74. The van der Waals surface area contributed by atoms with Crippen molar-refractivity contribution < 1.29 is 32.2 Å². The standard InChI is InChI=1S/C31H34F3N3O4/c32-31(33,34)41-27-17-13-24(14-18-27)35-19-20-36-30(39)28(22-7-3-1-4-8-22)21-37-29(38)23-11-15-26(16-12-23)40-25-9-5-2-6-10-25/h2,5-6,9-18,22,28,35H,1,3-4,7-8,19-21H2,(H,36,39)(H,37,38). The number of ether oxygens (including phenoxy) is 2. The Labute approximate surface area is 237 Å². The first-order valence-corrected chi connectivity index (χ1v) is 13.8. The molecule has 1 aliphatic carbocycles.